The highest BCUT2D eigenvalue weighted by atomic mass is 14.2. The van der Waals surface area contributed by atoms with Crippen LogP contribution >= 0.6 is 0 Å². The van der Waals surface area contributed by atoms with Crippen molar-refractivity contribution in [2.24, 2.45) is 0 Å². The monoisotopic (exact) mass is 329 g/mol. The molecular weight excluding hydrogens is 326 g/mol. The smallest absolute Gasteiger partial charge is 0.153 e. The molecule has 112 valence electrons. The molecule has 0 aliphatic rings. The third-order valence-electron chi connectivity index (χ3n) is 1.56. The summed E-state index contributed by atoms with van der Waals surface area (Å²) in [4.78, 5) is 0. The summed E-state index contributed by atoms with van der Waals surface area (Å²) in [5.41, 5.74) is 0. The van der Waals surface area contributed by atoms with Crippen molar-refractivity contribution >= 4 is 0 Å². The lowest BCUT2D eigenvalue weighted by molar-refractivity contribution is 1.55. The zero-order valence-corrected chi connectivity index (χ0v) is 13.9. The van der Waals surface area contributed by atoms with E-state index in [-0.39, 0.29) is 0 Å². The predicted molar refractivity (Wildman–Crippen MR) is 105 cm³/mol. The molecule has 0 amide bonds. The third kappa shape index (κ3) is 20.2. The molecule has 0 N–H and O–H groups in total. The van der Waals surface area contributed by atoms with Gasteiger partial charge in [0.05, 0.1) is 0 Å². The summed E-state index contributed by atoms with van der Waals surface area (Å²) in [5, 5.41) is 8.13. The Kier molecular flexibility index (Phi) is 15.9. The van der Waals surface area contributed by atoms with Gasteiger partial charge in [-0.1, -0.05) is 5.92 Å². The lowest BCUT2D eigenvalue weighted by Crippen LogP contribution is -1.57. The molecule has 0 aliphatic carbocycles. The minimum atomic E-state index is 1.63. The largest absolute Gasteiger partial charge is 0.183 e. The van der Waals surface area contributed by atoms with Gasteiger partial charge in [-0.3, -0.25) is 0 Å². The molecule has 0 heterocycles. The van der Waals surface area contributed by atoms with Crippen molar-refractivity contribution < 1.29 is 0 Å². The topological polar surface area (TPSA) is 23.8 Å². The molecule has 0 bridgehead atoms. The van der Waals surface area contributed by atoms with Gasteiger partial charge in [0.1, 0.15) is 0 Å². The Hall–Kier alpha value is -5.79. The van der Waals surface area contributed by atoms with Crippen molar-refractivity contribution in [2.75, 3.05) is 0 Å². The summed E-state index contributed by atoms with van der Waals surface area (Å²) < 4.78 is 0. The molecule has 0 spiro atoms. The van der Waals surface area contributed by atoms with Gasteiger partial charge in [-0.2, -0.15) is 5.26 Å². The van der Waals surface area contributed by atoms with E-state index in [1.54, 1.807) is 13.0 Å². The van der Waals surface area contributed by atoms with Crippen molar-refractivity contribution in [1.82, 2.24) is 0 Å². The number of hydrogen-bond acceptors (Lipinski definition) is 1. The van der Waals surface area contributed by atoms with Gasteiger partial charge >= 0.3 is 0 Å². The standard InChI is InChI=1S/C26H3N/c1-2-3-4-5-6-7-8-9-10-11-12-13-14-15-16-17-18-19-20-21-22-23-24-25-26-27/h1H3. The lowest BCUT2D eigenvalue weighted by Gasteiger charge is -1.57. The van der Waals surface area contributed by atoms with E-state index in [0.717, 1.165) is 0 Å². The molecule has 0 aromatic heterocycles. The third-order valence-corrected chi connectivity index (χ3v) is 1.56. The van der Waals surface area contributed by atoms with E-state index in [1.165, 1.54) is 0 Å². The van der Waals surface area contributed by atoms with Gasteiger partial charge in [0.25, 0.3) is 0 Å². The maximum Gasteiger partial charge on any atom is 0.153 e. The quantitative estimate of drug-likeness (QED) is 0.596. The fourth-order valence-electron chi connectivity index (χ4n) is 0.747. The lowest BCUT2D eigenvalue weighted by atomic mass is 10.4. The van der Waals surface area contributed by atoms with Gasteiger partial charge in [0.2, 0.25) is 0 Å². The summed E-state index contributed by atoms with van der Waals surface area (Å²) in [5.74, 6) is 59.1. The molecule has 0 rings (SSSR count). The highest BCUT2D eigenvalue weighted by molar-refractivity contribution is 5.47. The molecule has 1 nitrogen and oxygen atoms in total. The minimum absolute atomic E-state index is 1.63. The van der Waals surface area contributed by atoms with E-state index in [2.05, 4.69) is 142 Å². The average molecular weight is 329 g/mol. The molecule has 0 fully saturated rings. The van der Waals surface area contributed by atoms with Crippen molar-refractivity contribution in [2.45, 2.75) is 6.92 Å². The van der Waals surface area contributed by atoms with Gasteiger partial charge < -0.3 is 0 Å². The van der Waals surface area contributed by atoms with Crippen LogP contribution in [0.2, 0.25) is 0 Å². The van der Waals surface area contributed by atoms with Crippen molar-refractivity contribution in [3.63, 3.8) is 0 Å². The molecule has 0 atom stereocenters. The SMILES string of the molecule is CC#CC#CC#CC#CC#CC#CC#CC#CC#CC#CC#CC#CC#N. The number of hydrogen-bond donors (Lipinski definition) is 0. The Bertz CT molecular complexity index is 1380. The number of nitrogens with zero attached hydrogens (tertiary/aromatic N) is 1. The molecule has 0 saturated carbocycles. The zero-order chi connectivity index (χ0) is 19.7. The molecule has 0 radical (unpaired) electrons. The Morgan fingerprint density at radius 3 is 0.667 bits per heavy atom. The maximum absolute atomic E-state index is 8.13. The fourth-order valence-corrected chi connectivity index (χ4v) is 0.747. The second-order valence-corrected chi connectivity index (χ2v) is 3.24. The molecule has 0 aliphatic heterocycles. The number of nitriles is 1. The van der Waals surface area contributed by atoms with E-state index < -0.39 is 0 Å². The molecule has 0 aromatic rings. The molecule has 0 aromatic carbocycles. The first-order chi connectivity index (χ1) is 13.4. The maximum atomic E-state index is 8.13. The van der Waals surface area contributed by atoms with Crippen molar-refractivity contribution in [1.29, 1.82) is 5.26 Å². The van der Waals surface area contributed by atoms with E-state index in [9.17, 15) is 0 Å². The molecule has 27 heavy (non-hydrogen) atoms. The van der Waals surface area contributed by atoms with E-state index in [4.69, 9.17) is 5.26 Å². The second-order valence-electron chi connectivity index (χ2n) is 3.24. The Morgan fingerprint density at radius 2 is 0.481 bits per heavy atom. The molecule has 0 unspecified atom stereocenters. The summed E-state index contributed by atoms with van der Waals surface area (Å²) in [6, 6.07) is 1.63. The van der Waals surface area contributed by atoms with Crippen LogP contribution in [0, 0.1) is 153 Å². The molecule has 1 heteroatoms. The van der Waals surface area contributed by atoms with E-state index in [0.29, 0.717) is 0 Å². The van der Waals surface area contributed by atoms with Crippen LogP contribution in [0.15, 0.2) is 0 Å². The highest BCUT2D eigenvalue weighted by Gasteiger charge is 1.59. The normalized spacial score (nSPS) is 3.85. The van der Waals surface area contributed by atoms with Crippen LogP contribution in [-0.2, 0) is 0 Å². The van der Waals surface area contributed by atoms with Gasteiger partial charge in [-0.05, 0) is 54.3 Å². The first-order valence-electron chi connectivity index (χ1n) is 6.72. The van der Waals surface area contributed by atoms with Gasteiger partial charge in [-0.25, -0.2) is 0 Å². The van der Waals surface area contributed by atoms with Crippen molar-refractivity contribution in [3.8, 4) is 148 Å². The van der Waals surface area contributed by atoms with Gasteiger partial charge in [0, 0.05) is 88.8 Å². The van der Waals surface area contributed by atoms with Gasteiger partial charge in [0.15, 0.2) is 6.07 Å². The van der Waals surface area contributed by atoms with Crippen LogP contribution in [-0.4, -0.2) is 0 Å². The van der Waals surface area contributed by atoms with Gasteiger partial charge in [-0.15, -0.1) is 0 Å². The summed E-state index contributed by atoms with van der Waals surface area (Å²) >= 11 is 0. The Labute approximate surface area is 160 Å². The van der Waals surface area contributed by atoms with Crippen LogP contribution in [0.25, 0.3) is 0 Å². The Morgan fingerprint density at radius 1 is 0.296 bits per heavy atom. The van der Waals surface area contributed by atoms with Crippen LogP contribution in [0.5, 0.6) is 0 Å². The van der Waals surface area contributed by atoms with Crippen LogP contribution in [0.1, 0.15) is 6.92 Å². The van der Waals surface area contributed by atoms with Crippen molar-refractivity contribution in [3.05, 3.63) is 0 Å². The summed E-state index contributed by atoms with van der Waals surface area (Å²) in [6.45, 7) is 1.69. The fraction of sp³-hybridized carbons (Fsp3) is 0.0385. The first kappa shape index (κ1) is 21.2. The number of rotatable bonds is 0. The Balaban J connectivity index is 4.43. The van der Waals surface area contributed by atoms with Crippen LogP contribution in [0.4, 0.5) is 0 Å². The van der Waals surface area contributed by atoms with E-state index >= 15 is 0 Å². The minimum Gasteiger partial charge on any atom is -0.183 e. The van der Waals surface area contributed by atoms with E-state index in [1.807, 2.05) is 0 Å². The van der Waals surface area contributed by atoms with Crippen LogP contribution < -0.4 is 0 Å². The first-order valence-corrected chi connectivity index (χ1v) is 6.72. The van der Waals surface area contributed by atoms with Crippen LogP contribution in [0.3, 0.4) is 0 Å². The second kappa shape index (κ2) is 20.2. The highest BCUT2D eigenvalue weighted by Crippen LogP contribution is 1.59. The molecular formula is C26H3N. The summed E-state index contributed by atoms with van der Waals surface area (Å²) in [7, 11) is 0. The summed E-state index contributed by atoms with van der Waals surface area (Å²) in [6.07, 6.45) is 0. The molecule has 0 saturated heterocycles. The average Bonchev–Trinajstić information content (AvgIpc) is 2.68. The zero-order valence-electron chi connectivity index (χ0n) is 13.9. The predicted octanol–water partition coefficient (Wildman–Crippen LogP) is 0.571.